The summed E-state index contributed by atoms with van der Waals surface area (Å²) in [5.41, 5.74) is 0.964. The lowest BCUT2D eigenvalue weighted by Gasteiger charge is -2.24. The molecule has 2 aromatic rings. The lowest BCUT2D eigenvalue weighted by atomic mass is 10.2. The van der Waals surface area contributed by atoms with Gasteiger partial charge in [0.05, 0.1) is 38.1 Å². The van der Waals surface area contributed by atoms with E-state index in [1.54, 1.807) is 6.20 Å². The average Bonchev–Trinajstić information content (AvgIpc) is 3.09. The smallest absolute Gasteiger partial charge is 0.226 e. The van der Waals surface area contributed by atoms with Crippen molar-refractivity contribution in [1.82, 2.24) is 9.88 Å². The molecule has 2 heterocycles. The SMILES string of the molecule is CN(Cc1cnc(-c2ccccc2)o1)[C@@H]1COC[C@H]1O. The van der Waals surface area contributed by atoms with Crippen molar-refractivity contribution in [3.8, 4) is 11.5 Å². The van der Waals surface area contributed by atoms with Gasteiger partial charge in [0.15, 0.2) is 0 Å². The molecule has 106 valence electrons. The monoisotopic (exact) mass is 274 g/mol. The molecule has 0 unspecified atom stereocenters. The van der Waals surface area contributed by atoms with Gasteiger partial charge < -0.3 is 14.3 Å². The molecule has 0 amide bonds. The van der Waals surface area contributed by atoms with Gasteiger partial charge in [-0.25, -0.2) is 4.98 Å². The number of aliphatic hydroxyl groups is 1. The average molecular weight is 274 g/mol. The fourth-order valence-electron chi connectivity index (χ4n) is 2.41. The standard InChI is InChI=1S/C15H18N2O3/c1-17(13-9-19-10-14(13)18)8-12-7-16-15(20-12)11-5-3-2-4-6-11/h2-7,13-14,18H,8-10H2,1H3/t13-,14-/m1/s1. The van der Waals surface area contributed by atoms with E-state index in [2.05, 4.69) is 4.98 Å². The zero-order chi connectivity index (χ0) is 13.9. The number of ether oxygens (including phenoxy) is 1. The van der Waals surface area contributed by atoms with Gasteiger partial charge in [-0.1, -0.05) is 18.2 Å². The van der Waals surface area contributed by atoms with Gasteiger partial charge >= 0.3 is 0 Å². The van der Waals surface area contributed by atoms with Crippen molar-refractivity contribution in [3.05, 3.63) is 42.3 Å². The third kappa shape index (κ3) is 2.75. The minimum atomic E-state index is -0.434. The van der Waals surface area contributed by atoms with Crippen LogP contribution < -0.4 is 0 Å². The van der Waals surface area contributed by atoms with Crippen LogP contribution in [-0.2, 0) is 11.3 Å². The first-order valence-corrected chi connectivity index (χ1v) is 6.70. The molecule has 2 atom stereocenters. The highest BCUT2D eigenvalue weighted by atomic mass is 16.5. The second-order valence-electron chi connectivity index (χ2n) is 5.09. The maximum atomic E-state index is 9.81. The maximum Gasteiger partial charge on any atom is 0.226 e. The lowest BCUT2D eigenvalue weighted by Crippen LogP contribution is -2.39. The van der Waals surface area contributed by atoms with Crippen LogP contribution in [-0.4, -0.2) is 47.4 Å². The van der Waals surface area contributed by atoms with E-state index in [9.17, 15) is 5.11 Å². The van der Waals surface area contributed by atoms with Crippen molar-refractivity contribution in [2.75, 3.05) is 20.3 Å². The molecule has 1 aliphatic rings. The molecule has 0 saturated carbocycles. The third-order valence-electron chi connectivity index (χ3n) is 3.57. The molecule has 1 fully saturated rings. The highest BCUT2D eigenvalue weighted by Crippen LogP contribution is 2.20. The first-order chi connectivity index (χ1) is 9.74. The van der Waals surface area contributed by atoms with E-state index in [4.69, 9.17) is 9.15 Å². The van der Waals surface area contributed by atoms with Crippen molar-refractivity contribution in [1.29, 1.82) is 0 Å². The number of nitrogens with zero attached hydrogens (tertiary/aromatic N) is 2. The van der Waals surface area contributed by atoms with E-state index >= 15 is 0 Å². The zero-order valence-corrected chi connectivity index (χ0v) is 11.4. The molecule has 5 heteroatoms. The Morgan fingerprint density at radius 2 is 2.10 bits per heavy atom. The summed E-state index contributed by atoms with van der Waals surface area (Å²) >= 11 is 0. The third-order valence-corrected chi connectivity index (χ3v) is 3.57. The predicted octanol–water partition coefficient (Wildman–Crippen LogP) is 1.53. The Morgan fingerprint density at radius 3 is 2.80 bits per heavy atom. The Labute approximate surface area is 117 Å². The first-order valence-electron chi connectivity index (χ1n) is 6.70. The number of hydrogen-bond donors (Lipinski definition) is 1. The number of benzene rings is 1. The summed E-state index contributed by atoms with van der Waals surface area (Å²) in [7, 11) is 1.95. The van der Waals surface area contributed by atoms with Crippen LogP contribution in [0.1, 0.15) is 5.76 Å². The van der Waals surface area contributed by atoms with Crippen molar-refractivity contribution >= 4 is 0 Å². The lowest BCUT2D eigenvalue weighted by molar-refractivity contribution is 0.0894. The molecular weight excluding hydrogens is 256 g/mol. The summed E-state index contributed by atoms with van der Waals surface area (Å²) in [4.78, 5) is 6.33. The van der Waals surface area contributed by atoms with Gasteiger partial charge in [-0.3, -0.25) is 4.90 Å². The van der Waals surface area contributed by atoms with Crippen LogP contribution in [0, 0.1) is 0 Å². The number of aromatic nitrogens is 1. The fourth-order valence-corrected chi connectivity index (χ4v) is 2.41. The van der Waals surface area contributed by atoms with E-state index in [-0.39, 0.29) is 6.04 Å². The van der Waals surface area contributed by atoms with E-state index in [1.807, 2.05) is 42.3 Å². The highest BCUT2D eigenvalue weighted by molar-refractivity contribution is 5.52. The number of oxazole rings is 1. The number of aliphatic hydroxyl groups excluding tert-OH is 1. The van der Waals surface area contributed by atoms with Crippen LogP contribution in [0.5, 0.6) is 0 Å². The van der Waals surface area contributed by atoms with Gasteiger partial charge in [0, 0.05) is 5.56 Å². The van der Waals surface area contributed by atoms with Crippen LogP contribution in [0.25, 0.3) is 11.5 Å². The molecule has 1 aliphatic heterocycles. The van der Waals surface area contributed by atoms with Gasteiger partial charge in [0.2, 0.25) is 5.89 Å². The Bertz CT molecular complexity index is 555. The quantitative estimate of drug-likeness (QED) is 0.916. The number of rotatable bonds is 4. The van der Waals surface area contributed by atoms with Crippen LogP contribution >= 0.6 is 0 Å². The predicted molar refractivity (Wildman–Crippen MR) is 74.0 cm³/mol. The Hall–Kier alpha value is -1.69. The van der Waals surface area contributed by atoms with E-state index in [0.29, 0.717) is 25.6 Å². The van der Waals surface area contributed by atoms with Crippen LogP contribution in [0.3, 0.4) is 0 Å². The van der Waals surface area contributed by atoms with Gasteiger partial charge in [0.1, 0.15) is 5.76 Å². The number of hydrogen-bond acceptors (Lipinski definition) is 5. The highest BCUT2D eigenvalue weighted by Gasteiger charge is 2.30. The summed E-state index contributed by atoms with van der Waals surface area (Å²) in [5.74, 6) is 1.41. The first kappa shape index (κ1) is 13.3. The molecule has 0 spiro atoms. The van der Waals surface area contributed by atoms with Gasteiger partial charge in [-0.15, -0.1) is 0 Å². The normalized spacial score (nSPS) is 22.6. The second kappa shape index (κ2) is 5.75. The largest absolute Gasteiger partial charge is 0.440 e. The van der Waals surface area contributed by atoms with Crippen molar-refractivity contribution in [2.45, 2.75) is 18.7 Å². The Kier molecular flexibility index (Phi) is 3.82. The minimum Gasteiger partial charge on any atom is -0.440 e. The van der Waals surface area contributed by atoms with Crippen molar-refractivity contribution in [2.24, 2.45) is 0 Å². The fraction of sp³-hybridized carbons (Fsp3) is 0.400. The van der Waals surface area contributed by atoms with Gasteiger partial charge in [-0.2, -0.15) is 0 Å². The number of likely N-dealkylation sites (N-methyl/N-ethyl adjacent to an activating group) is 1. The summed E-state index contributed by atoms with van der Waals surface area (Å²) in [6.45, 7) is 1.56. The van der Waals surface area contributed by atoms with Crippen molar-refractivity contribution < 1.29 is 14.3 Å². The van der Waals surface area contributed by atoms with E-state index in [0.717, 1.165) is 11.3 Å². The zero-order valence-electron chi connectivity index (χ0n) is 11.4. The van der Waals surface area contributed by atoms with Crippen LogP contribution in [0.4, 0.5) is 0 Å². The maximum absolute atomic E-state index is 9.81. The van der Waals surface area contributed by atoms with E-state index < -0.39 is 6.10 Å². The summed E-state index contributed by atoms with van der Waals surface area (Å²) in [6.07, 6.45) is 1.30. The molecular formula is C15H18N2O3. The molecule has 0 aliphatic carbocycles. The Morgan fingerprint density at radius 1 is 1.30 bits per heavy atom. The van der Waals surface area contributed by atoms with Gasteiger partial charge in [0.25, 0.3) is 0 Å². The van der Waals surface area contributed by atoms with E-state index in [1.165, 1.54) is 0 Å². The molecule has 20 heavy (non-hydrogen) atoms. The molecule has 5 nitrogen and oxygen atoms in total. The molecule has 1 N–H and O–H groups in total. The summed E-state index contributed by atoms with van der Waals surface area (Å²) in [6, 6.07) is 9.82. The van der Waals surface area contributed by atoms with Crippen molar-refractivity contribution in [3.63, 3.8) is 0 Å². The minimum absolute atomic E-state index is 0.0141. The van der Waals surface area contributed by atoms with Crippen LogP contribution in [0.15, 0.2) is 40.9 Å². The van der Waals surface area contributed by atoms with Gasteiger partial charge in [-0.05, 0) is 19.2 Å². The molecule has 1 aromatic carbocycles. The molecule has 1 saturated heterocycles. The Balaban J connectivity index is 1.68. The van der Waals surface area contributed by atoms with Crippen LogP contribution in [0.2, 0.25) is 0 Å². The summed E-state index contributed by atoms with van der Waals surface area (Å²) < 4.78 is 11.0. The summed E-state index contributed by atoms with van der Waals surface area (Å²) in [5, 5.41) is 9.81. The molecule has 1 aromatic heterocycles. The molecule has 3 rings (SSSR count). The topological polar surface area (TPSA) is 58.7 Å². The molecule has 0 bridgehead atoms. The second-order valence-corrected chi connectivity index (χ2v) is 5.09. The molecule has 0 radical (unpaired) electrons.